The van der Waals surface area contributed by atoms with Crippen molar-refractivity contribution in [1.29, 1.82) is 0 Å². The highest BCUT2D eigenvalue weighted by Crippen LogP contribution is 2.41. The molecule has 2 aliphatic rings. The molecule has 6 heteroatoms. The van der Waals surface area contributed by atoms with E-state index >= 15 is 0 Å². The lowest BCUT2D eigenvalue weighted by atomic mass is 10.1. The van der Waals surface area contributed by atoms with Crippen molar-refractivity contribution in [2.45, 2.75) is 44.7 Å². The van der Waals surface area contributed by atoms with Gasteiger partial charge in [0.25, 0.3) is 0 Å². The molecule has 2 amide bonds. The molecule has 1 saturated heterocycles. The Bertz CT molecular complexity index is 510. The van der Waals surface area contributed by atoms with E-state index in [1.54, 1.807) is 0 Å². The second kappa shape index (κ2) is 6.05. The van der Waals surface area contributed by atoms with Crippen molar-refractivity contribution in [3.05, 3.63) is 17.5 Å². The van der Waals surface area contributed by atoms with Crippen LogP contribution in [0.3, 0.4) is 0 Å². The Morgan fingerprint density at radius 2 is 2.33 bits per heavy atom. The Hall–Kier alpha value is -1.56. The van der Waals surface area contributed by atoms with Crippen molar-refractivity contribution in [2.75, 3.05) is 19.8 Å². The average Bonchev–Trinajstić information content (AvgIpc) is 3.26. The minimum absolute atomic E-state index is 0.00375. The maximum atomic E-state index is 12.4. The van der Waals surface area contributed by atoms with Crippen LogP contribution in [-0.2, 0) is 18.3 Å². The highest BCUT2D eigenvalue weighted by Gasteiger charge is 2.29. The predicted molar refractivity (Wildman–Crippen MR) is 79.0 cm³/mol. The predicted octanol–water partition coefficient (Wildman–Crippen LogP) is 1.62. The van der Waals surface area contributed by atoms with Crippen molar-refractivity contribution in [1.82, 2.24) is 20.0 Å². The molecule has 3 rings (SSSR count). The van der Waals surface area contributed by atoms with Gasteiger partial charge in [-0.25, -0.2) is 4.79 Å². The summed E-state index contributed by atoms with van der Waals surface area (Å²) >= 11 is 0. The zero-order valence-corrected chi connectivity index (χ0v) is 12.8. The monoisotopic (exact) mass is 292 g/mol. The van der Waals surface area contributed by atoms with Crippen molar-refractivity contribution in [3.8, 4) is 0 Å². The standard InChI is InChI=1S/C15H24N4O2/c1-11-10-21-7-3-6-19(11)15(20)16-9-14-13(12-4-5-12)8-17-18(14)2/h8,11-12H,3-7,9-10H2,1-2H3,(H,16,20). The lowest BCUT2D eigenvalue weighted by Crippen LogP contribution is -2.46. The summed E-state index contributed by atoms with van der Waals surface area (Å²) in [6, 6.07) is 0.123. The van der Waals surface area contributed by atoms with Crippen molar-refractivity contribution < 1.29 is 9.53 Å². The fourth-order valence-corrected chi connectivity index (χ4v) is 2.90. The Morgan fingerprint density at radius 3 is 3.10 bits per heavy atom. The zero-order chi connectivity index (χ0) is 14.8. The van der Waals surface area contributed by atoms with Gasteiger partial charge in [0.1, 0.15) is 0 Å². The third-order valence-corrected chi connectivity index (χ3v) is 4.36. The van der Waals surface area contributed by atoms with E-state index in [-0.39, 0.29) is 12.1 Å². The number of hydrogen-bond donors (Lipinski definition) is 1. The second-order valence-corrected chi connectivity index (χ2v) is 6.07. The minimum atomic E-state index is -0.00375. The van der Waals surface area contributed by atoms with Gasteiger partial charge in [0.05, 0.1) is 31.1 Å². The lowest BCUT2D eigenvalue weighted by Gasteiger charge is -2.26. The summed E-state index contributed by atoms with van der Waals surface area (Å²) < 4.78 is 7.36. The Kier molecular flexibility index (Phi) is 4.14. The fourth-order valence-electron chi connectivity index (χ4n) is 2.90. The summed E-state index contributed by atoms with van der Waals surface area (Å²) in [5, 5.41) is 7.38. The summed E-state index contributed by atoms with van der Waals surface area (Å²) in [6.45, 7) is 4.69. The number of nitrogens with one attached hydrogen (secondary N) is 1. The SMILES string of the molecule is CC1COCCCN1C(=O)NCc1c(C2CC2)cnn1C. The van der Waals surface area contributed by atoms with Crippen molar-refractivity contribution in [3.63, 3.8) is 0 Å². The topological polar surface area (TPSA) is 59.4 Å². The molecule has 1 aliphatic heterocycles. The van der Waals surface area contributed by atoms with Crippen LogP contribution in [0, 0.1) is 0 Å². The Labute approximate surface area is 125 Å². The van der Waals surface area contributed by atoms with Gasteiger partial charge < -0.3 is 15.0 Å². The molecule has 1 saturated carbocycles. The first-order chi connectivity index (χ1) is 10.2. The quantitative estimate of drug-likeness (QED) is 0.921. The van der Waals surface area contributed by atoms with Crippen LogP contribution >= 0.6 is 0 Å². The van der Waals surface area contributed by atoms with Crippen LogP contribution in [-0.4, -0.2) is 46.5 Å². The maximum Gasteiger partial charge on any atom is 0.318 e. The van der Waals surface area contributed by atoms with Gasteiger partial charge in [-0.15, -0.1) is 0 Å². The molecule has 0 bridgehead atoms. The number of urea groups is 1. The van der Waals surface area contributed by atoms with Crippen LogP contribution in [0.1, 0.15) is 43.4 Å². The molecule has 116 valence electrons. The molecule has 1 aliphatic carbocycles. The number of hydrogen-bond acceptors (Lipinski definition) is 3. The van der Waals surface area contributed by atoms with Gasteiger partial charge in [-0.05, 0) is 37.7 Å². The van der Waals surface area contributed by atoms with Crippen LogP contribution in [0.5, 0.6) is 0 Å². The number of carbonyl (C=O) groups is 1. The van der Waals surface area contributed by atoms with E-state index in [0.717, 1.165) is 25.3 Å². The molecule has 1 aromatic heterocycles. The molecule has 1 unspecified atom stereocenters. The number of carbonyl (C=O) groups excluding carboxylic acids is 1. The Balaban J connectivity index is 1.61. The van der Waals surface area contributed by atoms with E-state index in [2.05, 4.69) is 10.4 Å². The molecular weight excluding hydrogens is 268 g/mol. The van der Waals surface area contributed by atoms with Gasteiger partial charge in [-0.1, -0.05) is 0 Å². The third kappa shape index (κ3) is 3.20. The van der Waals surface area contributed by atoms with E-state index in [9.17, 15) is 4.79 Å². The molecule has 0 radical (unpaired) electrons. The zero-order valence-electron chi connectivity index (χ0n) is 12.8. The molecule has 0 spiro atoms. The average molecular weight is 292 g/mol. The van der Waals surface area contributed by atoms with Gasteiger partial charge in [-0.2, -0.15) is 5.10 Å². The van der Waals surface area contributed by atoms with E-state index in [1.165, 1.54) is 18.4 Å². The highest BCUT2D eigenvalue weighted by molar-refractivity contribution is 5.74. The number of nitrogens with zero attached hydrogens (tertiary/aromatic N) is 3. The van der Waals surface area contributed by atoms with E-state index in [0.29, 0.717) is 19.1 Å². The number of amides is 2. The van der Waals surface area contributed by atoms with Gasteiger partial charge in [0.15, 0.2) is 0 Å². The summed E-state index contributed by atoms with van der Waals surface area (Å²) in [4.78, 5) is 14.3. The molecule has 2 heterocycles. The highest BCUT2D eigenvalue weighted by atomic mass is 16.5. The summed E-state index contributed by atoms with van der Waals surface area (Å²) in [6.07, 6.45) is 5.33. The van der Waals surface area contributed by atoms with Crippen LogP contribution < -0.4 is 5.32 Å². The van der Waals surface area contributed by atoms with Gasteiger partial charge >= 0.3 is 6.03 Å². The molecule has 2 fully saturated rings. The number of ether oxygens (including phenoxy) is 1. The molecule has 0 aromatic carbocycles. The van der Waals surface area contributed by atoms with E-state index < -0.39 is 0 Å². The van der Waals surface area contributed by atoms with Crippen LogP contribution in [0.2, 0.25) is 0 Å². The largest absolute Gasteiger partial charge is 0.379 e. The first-order valence-electron chi connectivity index (χ1n) is 7.80. The fraction of sp³-hybridized carbons (Fsp3) is 0.733. The van der Waals surface area contributed by atoms with Crippen molar-refractivity contribution in [2.24, 2.45) is 7.05 Å². The van der Waals surface area contributed by atoms with Gasteiger partial charge in [0, 0.05) is 20.2 Å². The summed E-state index contributed by atoms with van der Waals surface area (Å²) in [5.41, 5.74) is 2.43. The van der Waals surface area contributed by atoms with Crippen LogP contribution in [0.4, 0.5) is 4.79 Å². The number of rotatable bonds is 3. The van der Waals surface area contributed by atoms with Gasteiger partial charge in [-0.3, -0.25) is 4.68 Å². The Morgan fingerprint density at radius 1 is 1.52 bits per heavy atom. The van der Waals surface area contributed by atoms with Crippen LogP contribution in [0.15, 0.2) is 6.20 Å². The minimum Gasteiger partial charge on any atom is -0.379 e. The smallest absolute Gasteiger partial charge is 0.318 e. The summed E-state index contributed by atoms with van der Waals surface area (Å²) in [5.74, 6) is 0.649. The number of aryl methyl sites for hydroxylation is 1. The van der Waals surface area contributed by atoms with E-state index in [1.807, 2.05) is 29.7 Å². The molecule has 1 N–H and O–H groups in total. The molecular formula is C15H24N4O2. The second-order valence-electron chi connectivity index (χ2n) is 6.07. The first-order valence-corrected chi connectivity index (χ1v) is 7.80. The molecule has 1 aromatic rings. The van der Waals surface area contributed by atoms with Crippen molar-refractivity contribution >= 4 is 6.03 Å². The molecule has 6 nitrogen and oxygen atoms in total. The van der Waals surface area contributed by atoms with Crippen LogP contribution in [0.25, 0.3) is 0 Å². The summed E-state index contributed by atoms with van der Waals surface area (Å²) in [7, 11) is 1.94. The first kappa shape index (κ1) is 14.4. The molecule has 1 atom stereocenters. The van der Waals surface area contributed by atoms with Gasteiger partial charge in [0.2, 0.25) is 0 Å². The van der Waals surface area contributed by atoms with E-state index in [4.69, 9.17) is 4.74 Å². The maximum absolute atomic E-state index is 12.4. The third-order valence-electron chi connectivity index (χ3n) is 4.36. The number of aromatic nitrogens is 2. The molecule has 21 heavy (non-hydrogen) atoms. The lowest BCUT2D eigenvalue weighted by molar-refractivity contribution is 0.113. The normalized spacial score (nSPS) is 23.0.